The van der Waals surface area contributed by atoms with E-state index in [2.05, 4.69) is 5.32 Å². The Labute approximate surface area is 102 Å². The summed E-state index contributed by atoms with van der Waals surface area (Å²) in [6, 6.07) is 2.15. The summed E-state index contributed by atoms with van der Waals surface area (Å²) >= 11 is 11.5. The summed E-state index contributed by atoms with van der Waals surface area (Å²) < 4.78 is 17.7. The molecule has 0 aromatic heterocycles. The van der Waals surface area contributed by atoms with Crippen LogP contribution in [0.3, 0.4) is 0 Å². The van der Waals surface area contributed by atoms with Crippen LogP contribution < -0.4 is 5.32 Å². The van der Waals surface area contributed by atoms with Gasteiger partial charge < -0.3 is 10.1 Å². The smallest absolute Gasteiger partial charge is 0.250 e. The summed E-state index contributed by atoms with van der Waals surface area (Å²) in [4.78, 5) is 11.3. The monoisotopic (exact) mass is 265 g/mol. The van der Waals surface area contributed by atoms with E-state index in [1.165, 1.54) is 0 Å². The van der Waals surface area contributed by atoms with Gasteiger partial charge in [-0.05, 0) is 19.1 Å². The Hall–Kier alpha value is -0.840. The van der Waals surface area contributed by atoms with Gasteiger partial charge in [0.1, 0.15) is 12.4 Å². The molecule has 0 aliphatic heterocycles. The highest BCUT2D eigenvalue weighted by Gasteiger charge is 2.11. The van der Waals surface area contributed by atoms with Crippen molar-refractivity contribution < 1.29 is 13.9 Å². The molecule has 1 aromatic rings. The maximum absolute atomic E-state index is 12.8. The van der Waals surface area contributed by atoms with Crippen LogP contribution >= 0.6 is 23.2 Å². The molecule has 1 aromatic carbocycles. The van der Waals surface area contributed by atoms with Gasteiger partial charge in [-0.2, -0.15) is 0 Å². The Kier molecular flexibility index (Phi) is 4.99. The highest BCUT2D eigenvalue weighted by molar-refractivity contribution is 6.39. The van der Waals surface area contributed by atoms with Gasteiger partial charge >= 0.3 is 0 Å². The Bertz CT molecular complexity index is 375. The van der Waals surface area contributed by atoms with Gasteiger partial charge in [-0.3, -0.25) is 4.79 Å². The first kappa shape index (κ1) is 13.2. The van der Waals surface area contributed by atoms with Crippen LogP contribution in [0, 0.1) is 5.82 Å². The van der Waals surface area contributed by atoms with E-state index in [9.17, 15) is 9.18 Å². The number of ether oxygens (including phenoxy) is 1. The number of carbonyl (C=O) groups excluding carboxylic acids is 1. The van der Waals surface area contributed by atoms with E-state index in [0.717, 1.165) is 12.1 Å². The Balaban J connectivity index is 2.77. The zero-order chi connectivity index (χ0) is 12.1. The zero-order valence-electron chi connectivity index (χ0n) is 8.52. The Morgan fingerprint density at radius 2 is 2.00 bits per heavy atom. The zero-order valence-corrected chi connectivity index (χ0v) is 10.0. The first-order valence-corrected chi connectivity index (χ1v) is 5.32. The van der Waals surface area contributed by atoms with Crippen molar-refractivity contribution in [1.82, 2.24) is 0 Å². The van der Waals surface area contributed by atoms with Gasteiger partial charge in [0.15, 0.2) is 0 Å². The molecule has 0 bridgehead atoms. The van der Waals surface area contributed by atoms with Crippen molar-refractivity contribution in [2.45, 2.75) is 6.92 Å². The molecule has 0 spiro atoms. The van der Waals surface area contributed by atoms with E-state index >= 15 is 0 Å². The van der Waals surface area contributed by atoms with Crippen molar-refractivity contribution in [3.8, 4) is 0 Å². The summed E-state index contributed by atoms with van der Waals surface area (Å²) in [5.41, 5.74) is 0.189. The Morgan fingerprint density at radius 1 is 1.44 bits per heavy atom. The number of carbonyl (C=O) groups is 1. The van der Waals surface area contributed by atoms with Gasteiger partial charge in [0.05, 0.1) is 15.7 Å². The van der Waals surface area contributed by atoms with Crippen LogP contribution in [0.1, 0.15) is 6.92 Å². The fourth-order valence-corrected chi connectivity index (χ4v) is 1.59. The fraction of sp³-hybridized carbons (Fsp3) is 0.300. The van der Waals surface area contributed by atoms with Crippen molar-refractivity contribution in [2.75, 3.05) is 18.5 Å². The molecular weight excluding hydrogens is 256 g/mol. The summed E-state index contributed by atoms with van der Waals surface area (Å²) in [6.45, 7) is 2.10. The van der Waals surface area contributed by atoms with Gasteiger partial charge in [0.2, 0.25) is 5.91 Å². The molecule has 0 aliphatic rings. The second kappa shape index (κ2) is 6.03. The lowest BCUT2D eigenvalue weighted by Crippen LogP contribution is -2.18. The first-order valence-electron chi connectivity index (χ1n) is 4.56. The number of rotatable bonds is 4. The van der Waals surface area contributed by atoms with Gasteiger partial charge in [-0.25, -0.2) is 4.39 Å². The highest BCUT2D eigenvalue weighted by atomic mass is 35.5. The quantitative estimate of drug-likeness (QED) is 0.909. The highest BCUT2D eigenvalue weighted by Crippen LogP contribution is 2.31. The molecule has 0 unspecified atom stereocenters. The number of nitrogens with one attached hydrogen (secondary N) is 1. The van der Waals surface area contributed by atoms with E-state index in [4.69, 9.17) is 27.9 Å². The van der Waals surface area contributed by atoms with E-state index in [-0.39, 0.29) is 22.3 Å². The molecule has 88 valence electrons. The standard InChI is InChI=1S/C10H10Cl2FNO2/c1-2-16-5-9(15)14-10-7(11)3-6(13)4-8(10)12/h3-4H,2,5H2,1H3,(H,14,15). The van der Waals surface area contributed by atoms with E-state index in [0.29, 0.717) is 6.61 Å². The van der Waals surface area contributed by atoms with Crippen molar-refractivity contribution in [2.24, 2.45) is 0 Å². The molecule has 0 saturated carbocycles. The molecule has 0 fully saturated rings. The maximum Gasteiger partial charge on any atom is 0.250 e. The van der Waals surface area contributed by atoms with E-state index < -0.39 is 11.7 Å². The lowest BCUT2D eigenvalue weighted by Gasteiger charge is -2.09. The minimum atomic E-state index is -0.558. The number of benzene rings is 1. The Morgan fingerprint density at radius 3 is 2.50 bits per heavy atom. The average molecular weight is 266 g/mol. The number of hydrogen-bond donors (Lipinski definition) is 1. The van der Waals surface area contributed by atoms with Crippen LogP contribution in [0.15, 0.2) is 12.1 Å². The summed E-state index contributed by atoms with van der Waals surface area (Å²) in [5.74, 6) is -0.949. The molecule has 3 nitrogen and oxygen atoms in total. The average Bonchev–Trinajstić information content (AvgIpc) is 2.20. The topological polar surface area (TPSA) is 38.3 Å². The molecule has 1 rings (SSSR count). The van der Waals surface area contributed by atoms with Crippen LogP contribution in [-0.4, -0.2) is 19.1 Å². The third-order valence-corrected chi connectivity index (χ3v) is 2.30. The van der Waals surface area contributed by atoms with E-state index in [1.54, 1.807) is 6.92 Å². The normalized spacial score (nSPS) is 10.2. The molecule has 0 atom stereocenters. The molecule has 16 heavy (non-hydrogen) atoms. The SMILES string of the molecule is CCOCC(=O)Nc1c(Cl)cc(F)cc1Cl. The largest absolute Gasteiger partial charge is 0.372 e. The van der Waals surface area contributed by atoms with Crippen molar-refractivity contribution in [3.05, 3.63) is 28.0 Å². The van der Waals surface area contributed by atoms with Crippen molar-refractivity contribution >= 4 is 34.8 Å². The summed E-state index contributed by atoms with van der Waals surface area (Å²) in [7, 11) is 0. The number of amides is 1. The van der Waals surface area contributed by atoms with Crippen LogP contribution in [0.4, 0.5) is 10.1 Å². The van der Waals surface area contributed by atoms with Crippen molar-refractivity contribution in [3.63, 3.8) is 0 Å². The van der Waals surface area contributed by atoms with Gasteiger partial charge in [0, 0.05) is 6.61 Å². The molecule has 1 amide bonds. The first-order chi connectivity index (χ1) is 7.54. The van der Waals surface area contributed by atoms with Crippen LogP contribution in [0.25, 0.3) is 0 Å². The minimum Gasteiger partial charge on any atom is -0.372 e. The second-order valence-corrected chi connectivity index (χ2v) is 3.74. The van der Waals surface area contributed by atoms with Crippen LogP contribution in [0.2, 0.25) is 10.0 Å². The lowest BCUT2D eigenvalue weighted by molar-refractivity contribution is -0.120. The molecule has 0 saturated heterocycles. The molecular formula is C10H10Cl2FNO2. The second-order valence-electron chi connectivity index (χ2n) is 2.93. The number of anilines is 1. The number of halogens is 3. The molecule has 0 radical (unpaired) electrons. The number of hydrogen-bond acceptors (Lipinski definition) is 2. The molecule has 0 heterocycles. The minimum absolute atomic E-state index is 0.0508. The van der Waals surface area contributed by atoms with Gasteiger partial charge in [-0.1, -0.05) is 23.2 Å². The summed E-state index contributed by atoms with van der Waals surface area (Å²) in [6.07, 6.45) is 0. The maximum atomic E-state index is 12.8. The fourth-order valence-electron chi connectivity index (χ4n) is 1.03. The predicted molar refractivity (Wildman–Crippen MR) is 61.5 cm³/mol. The van der Waals surface area contributed by atoms with E-state index in [1.807, 2.05) is 0 Å². The third kappa shape index (κ3) is 3.63. The third-order valence-electron chi connectivity index (χ3n) is 1.71. The van der Waals surface area contributed by atoms with Gasteiger partial charge in [-0.15, -0.1) is 0 Å². The van der Waals surface area contributed by atoms with Crippen molar-refractivity contribution in [1.29, 1.82) is 0 Å². The predicted octanol–water partition coefficient (Wildman–Crippen LogP) is 3.11. The van der Waals surface area contributed by atoms with Crippen LogP contribution in [-0.2, 0) is 9.53 Å². The lowest BCUT2D eigenvalue weighted by atomic mass is 10.3. The summed E-state index contributed by atoms with van der Waals surface area (Å²) in [5, 5.41) is 2.55. The molecule has 6 heteroatoms. The molecule has 1 N–H and O–H groups in total. The molecule has 0 aliphatic carbocycles. The van der Waals surface area contributed by atoms with Gasteiger partial charge in [0.25, 0.3) is 0 Å². The van der Waals surface area contributed by atoms with Crippen LogP contribution in [0.5, 0.6) is 0 Å².